The smallest absolute Gasteiger partial charge is 0.251 e. The molecule has 0 bridgehead atoms. The summed E-state index contributed by atoms with van der Waals surface area (Å²) in [5.41, 5.74) is 0.641. The zero-order valence-electron chi connectivity index (χ0n) is 7.05. The summed E-state index contributed by atoms with van der Waals surface area (Å²) in [7, 11) is 0. The van der Waals surface area contributed by atoms with Gasteiger partial charge < -0.3 is 5.32 Å². The Bertz CT molecular complexity index is 243. The third-order valence-electron chi connectivity index (χ3n) is 1.45. The zero-order valence-corrected chi connectivity index (χ0v) is 7.05. The van der Waals surface area contributed by atoms with Gasteiger partial charge in [-0.25, -0.2) is 0 Å². The topological polar surface area (TPSA) is 29.1 Å². The SMILES string of the molecule is CCCNC(=O)c1c[c][c]cc1. The summed E-state index contributed by atoms with van der Waals surface area (Å²) in [6.07, 6.45) is 0.953. The molecular weight excluding hydrogens is 150 g/mol. The molecule has 2 nitrogen and oxygen atoms in total. The molecule has 62 valence electrons. The molecule has 1 rings (SSSR count). The molecule has 0 aromatic heterocycles. The fraction of sp³-hybridized carbons (Fsp3) is 0.300. The highest BCUT2D eigenvalue weighted by molar-refractivity contribution is 5.93. The van der Waals surface area contributed by atoms with Gasteiger partial charge in [-0.2, -0.15) is 0 Å². The lowest BCUT2D eigenvalue weighted by molar-refractivity contribution is 0.0953. The molecule has 2 heteroatoms. The summed E-state index contributed by atoms with van der Waals surface area (Å²) in [5, 5.41) is 2.78. The van der Waals surface area contributed by atoms with Gasteiger partial charge in [-0.3, -0.25) is 4.79 Å². The summed E-state index contributed by atoms with van der Waals surface area (Å²) in [4.78, 5) is 11.3. The molecule has 0 saturated carbocycles. The second kappa shape index (κ2) is 4.54. The van der Waals surface area contributed by atoms with Crippen LogP contribution in [0.4, 0.5) is 0 Å². The van der Waals surface area contributed by atoms with Crippen molar-refractivity contribution in [2.75, 3.05) is 6.54 Å². The van der Waals surface area contributed by atoms with Crippen LogP contribution in [0, 0.1) is 12.1 Å². The van der Waals surface area contributed by atoms with Gasteiger partial charge in [0, 0.05) is 12.1 Å². The lowest BCUT2D eigenvalue weighted by atomic mass is 10.2. The average Bonchev–Trinajstić information content (AvgIpc) is 2.15. The third-order valence-corrected chi connectivity index (χ3v) is 1.45. The Morgan fingerprint density at radius 1 is 1.58 bits per heavy atom. The van der Waals surface area contributed by atoms with Crippen LogP contribution in [0.25, 0.3) is 0 Å². The predicted octanol–water partition coefficient (Wildman–Crippen LogP) is 1.43. The van der Waals surface area contributed by atoms with Crippen molar-refractivity contribution in [2.24, 2.45) is 0 Å². The van der Waals surface area contributed by atoms with Crippen LogP contribution in [0.3, 0.4) is 0 Å². The minimum absolute atomic E-state index is 0.0397. The monoisotopic (exact) mass is 161 g/mol. The van der Waals surface area contributed by atoms with Crippen LogP contribution in [0.2, 0.25) is 0 Å². The van der Waals surface area contributed by atoms with Gasteiger partial charge in [0.25, 0.3) is 5.91 Å². The molecule has 2 radical (unpaired) electrons. The largest absolute Gasteiger partial charge is 0.352 e. The zero-order chi connectivity index (χ0) is 8.81. The fourth-order valence-electron chi connectivity index (χ4n) is 0.829. The molecule has 0 atom stereocenters. The maximum atomic E-state index is 11.3. The second-order valence-electron chi connectivity index (χ2n) is 2.48. The van der Waals surface area contributed by atoms with Gasteiger partial charge in [-0.05, 0) is 30.7 Å². The van der Waals surface area contributed by atoms with E-state index in [0.717, 1.165) is 13.0 Å². The Kier molecular flexibility index (Phi) is 3.33. The van der Waals surface area contributed by atoms with E-state index < -0.39 is 0 Å². The number of hydrogen-bond acceptors (Lipinski definition) is 1. The fourth-order valence-corrected chi connectivity index (χ4v) is 0.829. The highest BCUT2D eigenvalue weighted by atomic mass is 16.1. The maximum absolute atomic E-state index is 11.3. The molecule has 0 aliphatic carbocycles. The standard InChI is InChI=1S/C10H11NO/c1-2-8-11-10(12)9-6-4-3-5-7-9/h4,6-7H,2,8H2,1H3,(H,11,12). The number of rotatable bonds is 3. The first-order valence-corrected chi connectivity index (χ1v) is 4.00. The lowest BCUT2D eigenvalue weighted by Gasteiger charge is -2.01. The van der Waals surface area contributed by atoms with Crippen molar-refractivity contribution in [3.63, 3.8) is 0 Å². The molecule has 1 amide bonds. The molecule has 0 aliphatic rings. The van der Waals surface area contributed by atoms with E-state index in [1.54, 1.807) is 18.2 Å². The van der Waals surface area contributed by atoms with E-state index in [2.05, 4.69) is 17.4 Å². The van der Waals surface area contributed by atoms with Crippen molar-refractivity contribution in [2.45, 2.75) is 13.3 Å². The molecule has 12 heavy (non-hydrogen) atoms. The van der Waals surface area contributed by atoms with Crippen LogP contribution < -0.4 is 5.32 Å². The predicted molar refractivity (Wildman–Crippen MR) is 46.7 cm³/mol. The highest BCUT2D eigenvalue weighted by Crippen LogP contribution is 1.96. The van der Waals surface area contributed by atoms with Gasteiger partial charge in [0.1, 0.15) is 0 Å². The Morgan fingerprint density at radius 2 is 2.42 bits per heavy atom. The number of nitrogens with one attached hydrogen (secondary N) is 1. The number of carbonyl (C=O) groups excluding carboxylic acids is 1. The normalized spacial score (nSPS) is 9.42. The lowest BCUT2D eigenvalue weighted by Crippen LogP contribution is -2.23. The Labute approximate surface area is 72.6 Å². The van der Waals surface area contributed by atoms with E-state index >= 15 is 0 Å². The summed E-state index contributed by atoms with van der Waals surface area (Å²) < 4.78 is 0. The maximum Gasteiger partial charge on any atom is 0.251 e. The molecule has 0 unspecified atom stereocenters. The summed E-state index contributed by atoms with van der Waals surface area (Å²) in [6, 6.07) is 10.5. The Morgan fingerprint density at radius 3 is 3.00 bits per heavy atom. The molecule has 0 fully saturated rings. The van der Waals surface area contributed by atoms with Crippen LogP contribution in [0.15, 0.2) is 18.2 Å². The molecular formula is C10H11NO. The highest BCUT2D eigenvalue weighted by Gasteiger charge is 2.01. The summed E-state index contributed by atoms with van der Waals surface area (Å²) in [5.74, 6) is -0.0397. The second-order valence-corrected chi connectivity index (χ2v) is 2.48. The quantitative estimate of drug-likeness (QED) is 0.713. The van der Waals surface area contributed by atoms with Crippen molar-refractivity contribution < 1.29 is 4.79 Å². The van der Waals surface area contributed by atoms with E-state index in [4.69, 9.17) is 0 Å². The molecule has 0 saturated heterocycles. The molecule has 1 aromatic carbocycles. The van der Waals surface area contributed by atoms with E-state index in [9.17, 15) is 4.79 Å². The first kappa shape index (κ1) is 8.78. The number of hydrogen-bond donors (Lipinski definition) is 1. The van der Waals surface area contributed by atoms with Gasteiger partial charge in [0.2, 0.25) is 0 Å². The molecule has 0 aliphatic heterocycles. The van der Waals surface area contributed by atoms with E-state index in [1.807, 2.05) is 6.92 Å². The molecule has 0 heterocycles. The summed E-state index contributed by atoms with van der Waals surface area (Å²) in [6.45, 7) is 2.74. The van der Waals surface area contributed by atoms with Crippen LogP contribution in [0.1, 0.15) is 23.7 Å². The number of carbonyl (C=O) groups is 1. The van der Waals surface area contributed by atoms with E-state index in [1.165, 1.54) is 0 Å². The molecule has 1 aromatic rings. The molecule has 1 N–H and O–H groups in total. The van der Waals surface area contributed by atoms with Crippen molar-refractivity contribution in [3.05, 3.63) is 35.9 Å². The minimum atomic E-state index is -0.0397. The van der Waals surface area contributed by atoms with Crippen LogP contribution in [0.5, 0.6) is 0 Å². The van der Waals surface area contributed by atoms with E-state index in [-0.39, 0.29) is 5.91 Å². The van der Waals surface area contributed by atoms with Gasteiger partial charge in [0.05, 0.1) is 0 Å². The van der Waals surface area contributed by atoms with Gasteiger partial charge >= 0.3 is 0 Å². The van der Waals surface area contributed by atoms with E-state index in [0.29, 0.717) is 5.56 Å². The van der Waals surface area contributed by atoms with Crippen molar-refractivity contribution in [1.82, 2.24) is 5.32 Å². The summed E-state index contributed by atoms with van der Waals surface area (Å²) >= 11 is 0. The van der Waals surface area contributed by atoms with Crippen molar-refractivity contribution in [1.29, 1.82) is 0 Å². The van der Waals surface area contributed by atoms with Crippen molar-refractivity contribution in [3.8, 4) is 0 Å². The van der Waals surface area contributed by atoms with Crippen LogP contribution in [-0.4, -0.2) is 12.5 Å². The average molecular weight is 161 g/mol. The number of benzene rings is 1. The Balaban J connectivity index is 2.54. The van der Waals surface area contributed by atoms with Crippen LogP contribution in [-0.2, 0) is 0 Å². The van der Waals surface area contributed by atoms with Gasteiger partial charge in [-0.1, -0.05) is 13.0 Å². The third kappa shape index (κ3) is 2.38. The first-order chi connectivity index (χ1) is 5.84. The van der Waals surface area contributed by atoms with Gasteiger partial charge in [-0.15, -0.1) is 0 Å². The number of amides is 1. The van der Waals surface area contributed by atoms with Gasteiger partial charge in [0.15, 0.2) is 0 Å². The van der Waals surface area contributed by atoms with Crippen molar-refractivity contribution >= 4 is 5.91 Å². The van der Waals surface area contributed by atoms with Crippen LogP contribution >= 0.6 is 0 Å². The molecule has 0 spiro atoms. The minimum Gasteiger partial charge on any atom is -0.352 e. The first-order valence-electron chi connectivity index (χ1n) is 4.00. The Hall–Kier alpha value is -1.31.